The Bertz CT molecular complexity index is 387. The van der Waals surface area contributed by atoms with E-state index in [2.05, 4.69) is 28.1 Å². The van der Waals surface area contributed by atoms with Crippen LogP contribution in [0.4, 0.5) is 5.69 Å². The third kappa shape index (κ3) is 1.54. The molecule has 1 amide bonds. The van der Waals surface area contributed by atoms with E-state index < -0.39 is 19.8 Å². The number of hydrogen-bond donors (Lipinski definition) is 0. The van der Waals surface area contributed by atoms with Gasteiger partial charge in [0.15, 0.2) is 0 Å². The van der Waals surface area contributed by atoms with Gasteiger partial charge in [-0.1, -0.05) is 0 Å². The number of nitrogens with zero attached hydrogens (tertiary/aromatic N) is 1. The average molecular weight is 303 g/mol. The Kier molecular flexibility index (Phi) is 2.51. The second-order valence-corrected chi connectivity index (χ2v) is 9.22. The van der Waals surface area contributed by atoms with E-state index in [4.69, 9.17) is 0 Å². The van der Waals surface area contributed by atoms with Crippen LogP contribution in [-0.2, 0) is 11.2 Å². The van der Waals surface area contributed by atoms with E-state index in [1.165, 1.54) is 9.13 Å². The molecule has 2 rings (SSSR count). The molecule has 0 aromatic heterocycles. The molecule has 0 atom stereocenters. The van der Waals surface area contributed by atoms with Crippen LogP contribution in [-0.4, -0.2) is 22.8 Å². The molecule has 0 bridgehead atoms. The summed E-state index contributed by atoms with van der Waals surface area (Å²) in [6.07, 6.45) is 0.577. The van der Waals surface area contributed by atoms with Gasteiger partial charge in [-0.05, 0) is 0 Å². The molecule has 3 heteroatoms. The van der Waals surface area contributed by atoms with Gasteiger partial charge >= 0.3 is 91.8 Å². The minimum atomic E-state index is -0.911. The predicted octanol–water partition coefficient (Wildman–Crippen LogP) is 2.14. The van der Waals surface area contributed by atoms with Gasteiger partial charge in [-0.3, -0.25) is 0 Å². The number of alkyl halides is 2. The normalized spacial score (nSPS) is 15.8. The first-order valence-corrected chi connectivity index (χ1v) is 9.88. The van der Waals surface area contributed by atoms with Gasteiger partial charge in [-0.15, -0.1) is 0 Å². The third-order valence-corrected chi connectivity index (χ3v) is 5.72. The summed E-state index contributed by atoms with van der Waals surface area (Å²) in [4.78, 5) is 17.9. The Morgan fingerprint density at radius 3 is 2.71 bits per heavy atom. The van der Waals surface area contributed by atoms with Crippen LogP contribution in [0.25, 0.3) is 0 Å². The Labute approximate surface area is 91.7 Å². The molecule has 1 heterocycles. The molecule has 0 saturated carbocycles. The summed E-state index contributed by atoms with van der Waals surface area (Å²) in [7, 11) is 1.86. The van der Waals surface area contributed by atoms with Crippen molar-refractivity contribution in [2.24, 2.45) is 0 Å². The molecule has 0 radical (unpaired) electrons. The number of hydrogen-bond acceptors (Lipinski definition) is 1. The van der Waals surface area contributed by atoms with Crippen LogP contribution in [0.3, 0.4) is 0 Å². The number of halogens is 1. The van der Waals surface area contributed by atoms with Crippen molar-refractivity contribution >= 4 is 31.4 Å². The van der Waals surface area contributed by atoms with Gasteiger partial charge in [0.1, 0.15) is 0 Å². The monoisotopic (exact) mass is 303 g/mol. The summed E-state index contributed by atoms with van der Waals surface area (Å²) in [6.45, 7) is 0. The number of carbonyl (C=O) groups is 1. The summed E-state index contributed by atoms with van der Waals surface area (Å²) >= 11 is -0.911. The molecule has 0 saturated heterocycles. The first kappa shape index (κ1) is 9.96. The second kappa shape index (κ2) is 3.53. The molecule has 0 N–H and O–H groups in total. The van der Waals surface area contributed by atoms with E-state index in [1.807, 2.05) is 7.05 Å². The number of amides is 1. The van der Waals surface area contributed by atoms with E-state index in [-0.39, 0.29) is 5.91 Å². The fourth-order valence-electron chi connectivity index (χ4n) is 1.65. The Morgan fingerprint density at radius 2 is 2.07 bits per heavy atom. The Morgan fingerprint density at radius 1 is 1.36 bits per heavy atom. The molecule has 1 aromatic rings. The summed E-state index contributed by atoms with van der Waals surface area (Å²) in [5.74, 6) is 0.213. The van der Waals surface area contributed by atoms with Crippen molar-refractivity contribution in [3.05, 3.63) is 27.3 Å². The van der Waals surface area contributed by atoms with Gasteiger partial charge in [0.25, 0.3) is 0 Å². The molecular weight excluding hydrogens is 289 g/mol. The first-order chi connectivity index (χ1) is 6.59. The summed E-state index contributed by atoms with van der Waals surface area (Å²) < 4.78 is 1.45. The van der Waals surface area contributed by atoms with Crippen molar-refractivity contribution in [2.45, 2.75) is 6.42 Å². The van der Waals surface area contributed by atoms with Crippen molar-refractivity contribution in [2.75, 3.05) is 21.8 Å². The number of fused-ring (bicyclic) bond motifs is 1. The average Bonchev–Trinajstić information content (AvgIpc) is 2.43. The zero-order valence-electron chi connectivity index (χ0n) is 8.67. The summed E-state index contributed by atoms with van der Waals surface area (Å²) in [5.41, 5.74) is 2.30. The second-order valence-electron chi connectivity index (χ2n) is 3.66. The van der Waals surface area contributed by atoms with Gasteiger partial charge in [0.05, 0.1) is 0 Å². The number of carbonyl (C=O) groups excluding carboxylic acids is 1. The molecular formula is C11H14INO. The van der Waals surface area contributed by atoms with Gasteiger partial charge < -0.3 is 0 Å². The number of likely N-dealkylation sites (N-methyl/N-ethyl adjacent to an activating group) is 1. The summed E-state index contributed by atoms with van der Waals surface area (Å²) in [6, 6.07) is 6.50. The summed E-state index contributed by atoms with van der Waals surface area (Å²) in [5, 5.41) is 0. The van der Waals surface area contributed by atoms with E-state index >= 15 is 0 Å². The van der Waals surface area contributed by atoms with Crippen molar-refractivity contribution in [1.29, 1.82) is 0 Å². The maximum atomic E-state index is 11.5. The number of rotatable bonds is 1. The van der Waals surface area contributed by atoms with Crippen LogP contribution in [0.2, 0.25) is 0 Å². The van der Waals surface area contributed by atoms with Gasteiger partial charge in [0, 0.05) is 0 Å². The third-order valence-electron chi connectivity index (χ3n) is 2.56. The number of benzene rings is 1. The van der Waals surface area contributed by atoms with Crippen molar-refractivity contribution in [3.8, 4) is 0 Å². The van der Waals surface area contributed by atoms with Gasteiger partial charge in [-0.2, -0.15) is 0 Å². The molecule has 76 valence electrons. The molecule has 0 fully saturated rings. The van der Waals surface area contributed by atoms with Gasteiger partial charge in [-0.25, -0.2) is 0 Å². The van der Waals surface area contributed by atoms with Gasteiger partial charge in [0.2, 0.25) is 0 Å². The molecule has 0 aliphatic carbocycles. The molecule has 1 aliphatic heterocycles. The van der Waals surface area contributed by atoms with Crippen molar-refractivity contribution in [1.82, 2.24) is 0 Å². The van der Waals surface area contributed by atoms with Crippen LogP contribution < -0.4 is 4.90 Å². The minimum absolute atomic E-state index is 0.213. The van der Waals surface area contributed by atoms with Crippen molar-refractivity contribution < 1.29 is 4.79 Å². The molecule has 1 aromatic carbocycles. The van der Waals surface area contributed by atoms with Crippen LogP contribution in [0, 0.1) is 3.57 Å². The molecule has 1 aliphatic rings. The molecule has 14 heavy (non-hydrogen) atoms. The topological polar surface area (TPSA) is 20.3 Å². The quantitative estimate of drug-likeness (QED) is 0.575. The first-order valence-electron chi connectivity index (χ1n) is 4.49. The zero-order valence-corrected chi connectivity index (χ0v) is 10.8. The fourth-order valence-corrected chi connectivity index (χ4v) is 3.47. The van der Waals surface area contributed by atoms with Crippen molar-refractivity contribution in [3.63, 3.8) is 0 Å². The van der Waals surface area contributed by atoms with E-state index in [0.717, 1.165) is 5.69 Å². The van der Waals surface area contributed by atoms with E-state index in [9.17, 15) is 4.79 Å². The van der Waals surface area contributed by atoms with E-state index in [1.54, 1.807) is 4.90 Å². The van der Waals surface area contributed by atoms with E-state index in [0.29, 0.717) is 6.42 Å². The predicted molar refractivity (Wildman–Crippen MR) is 68.1 cm³/mol. The molecule has 0 spiro atoms. The van der Waals surface area contributed by atoms with Crippen LogP contribution in [0.1, 0.15) is 5.56 Å². The van der Waals surface area contributed by atoms with Crippen LogP contribution in [0.5, 0.6) is 0 Å². The molecule has 2 nitrogen and oxygen atoms in total. The standard InChI is InChI=1S/C11H14INO/c1-12(2)9-5-4-8-6-11(14)13(3)10(8)7-9/h4-5,7H,6H2,1-3H3. The number of anilines is 1. The fraction of sp³-hybridized carbons (Fsp3) is 0.364. The van der Waals surface area contributed by atoms with Crippen LogP contribution in [0.15, 0.2) is 18.2 Å². The Balaban J connectivity index is 2.46. The SMILES string of the molecule is CN1C(=O)Cc2ccc(I(C)C)cc21. The van der Waals surface area contributed by atoms with Crippen LogP contribution >= 0.6 is 19.8 Å². The molecule has 0 unspecified atom stereocenters. The Hall–Kier alpha value is -0.580. The maximum absolute atomic E-state index is 11.5. The zero-order chi connectivity index (χ0) is 10.3.